The van der Waals surface area contributed by atoms with Crippen LogP contribution in [0.2, 0.25) is 0 Å². The summed E-state index contributed by atoms with van der Waals surface area (Å²) in [4.78, 5) is 12.0. The molecule has 2 aliphatic carbocycles. The second-order valence-electron chi connectivity index (χ2n) is 6.79. The monoisotopic (exact) mass is 322 g/mol. The smallest absolute Gasteiger partial charge is 0.221 e. The summed E-state index contributed by atoms with van der Waals surface area (Å²) in [6.07, 6.45) is 7.22. The molecule has 2 aliphatic rings. The van der Waals surface area contributed by atoms with Crippen LogP contribution >= 0.6 is 12.4 Å². The van der Waals surface area contributed by atoms with Gasteiger partial charge in [0.2, 0.25) is 5.91 Å². The van der Waals surface area contributed by atoms with Gasteiger partial charge in [-0.2, -0.15) is 0 Å². The zero-order valence-corrected chi connectivity index (χ0v) is 13.9. The Labute approximate surface area is 139 Å². The number of nitrogens with two attached hydrogens (primary N) is 1. The number of nitrogens with one attached hydrogen (secondary N) is 1. The molecule has 0 saturated heterocycles. The summed E-state index contributed by atoms with van der Waals surface area (Å²) in [5.74, 6) is 2.86. The van der Waals surface area contributed by atoms with E-state index in [0.29, 0.717) is 6.42 Å². The molecule has 4 atom stereocenters. The fourth-order valence-electron chi connectivity index (χ4n) is 4.22. The predicted molar refractivity (Wildman–Crippen MR) is 91.8 cm³/mol. The minimum absolute atomic E-state index is 0. The van der Waals surface area contributed by atoms with E-state index in [1.807, 2.05) is 30.3 Å². The average molecular weight is 323 g/mol. The van der Waals surface area contributed by atoms with E-state index in [2.05, 4.69) is 5.32 Å². The lowest BCUT2D eigenvalue weighted by Crippen LogP contribution is -2.29. The fourth-order valence-corrected chi connectivity index (χ4v) is 4.22. The van der Waals surface area contributed by atoms with Crippen molar-refractivity contribution in [1.82, 2.24) is 5.32 Å². The Kier molecular flexibility index (Phi) is 6.27. The van der Waals surface area contributed by atoms with Gasteiger partial charge >= 0.3 is 0 Å². The lowest BCUT2D eigenvalue weighted by molar-refractivity contribution is -0.121. The molecule has 3 N–H and O–H groups in total. The first-order valence-electron chi connectivity index (χ1n) is 8.29. The minimum atomic E-state index is -0.200. The van der Waals surface area contributed by atoms with Crippen molar-refractivity contribution < 1.29 is 4.79 Å². The Morgan fingerprint density at radius 2 is 2.00 bits per heavy atom. The Morgan fingerprint density at radius 3 is 2.64 bits per heavy atom. The van der Waals surface area contributed by atoms with Crippen molar-refractivity contribution in [3.63, 3.8) is 0 Å². The highest BCUT2D eigenvalue weighted by Crippen LogP contribution is 2.49. The number of hydrogen-bond donors (Lipinski definition) is 2. The van der Waals surface area contributed by atoms with Gasteiger partial charge in [-0.25, -0.2) is 0 Å². The van der Waals surface area contributed by atoms with Gasteiger partial charge < -0.3 is 11.1 Å². The van der Waals surface area contributed by atoms with Crippen molar-refractivity contribution in [1.29, 1.82) is 0 Å². The molecular formula is C18H27ClN2O. The third kappa shape index (κ3) is 4.23. The maximum Gasteiger partial charge on any atom is 0.221 e. The van der Waals surface area contributed by atoms with E-state index >= 15 is 0 Å². The average Bonchev–Trinajstić information content (AvgIpc) is 3.11. The van der Waals surface area contributed by atoms with Gasteiger partial charge in [0.1, 0.15) is 0 Å². The van der Waals surface area contributed by atoms with Crippen molar-refractivity contribution in [3.05, 3.63) is 35.9 Å². The zero-order valence-electron chi connectivity index (χ0n) is 13.0. The number of halogens is 1. The molecule has 2 fully saturated rings. The summed E-state index contributed by atoms with van der Waals surface area (Å²) in [6, 6.07) is 9.64. The number of amides is 1. The molecular weight excluding hydrogens is 296 g/mol. The number of rotatable bonds is 6. The molecule has 0 radical (unpaired) electrons. The van der Waals surface area contributed by atoms with Gasteiger partial charge in [-0.15, -0.1) is 12.4 Å². The zero-order chi connectivity index (χ0) is 14.7. The van der Waals surface area contributed by atoms with Crippen LogP contribution in [-0.2, 0) is 4.79 Å². The van der Waals surface area contributed by atoms with Gasteiger partial charge in [0.15, 0.2) is 0 Å². The van der Waals surface area contributed by atoms with Crippen molar-refractivity contribution in [2.45, 2.75) is 44.6 Å². The molecule has 122 valence electrons. The molecule has 0 aliphatic heterocycles. The molecule has 2 saturated carbocycles. The number of carbonyl (C=O) groups excluding carboxylic acids is 1. The quantitative estimate of drug-likeness (QED) is 0.843. The largest absolute Gasteiger partial charge is 0.356 e. The standard InChI is InChI=1S/C18H26N2O.ClH/c19-17(14-4-2-1-3-5-14)12-18(21)20-9-8-16-11-13-6-7-15(16)10-13;/h1-5,13,15-17H,6-12,19H2,(H,20,21);1H. The van der Waals surface area contributed by atoms with Crippen molar-refractivity contribution in [3.8, 4) is 0 Å². The van der Waals surface area contributed by atoms with Crippen LogP contribution in [0.3, 0.4) is 0 Å². The molecule has 4 unspecified atom stereocenters. The van der Waals surface area contributed by atoms with Crippen LogP contribution < -0.4 is 11.1 Å². The van der Waals surface area contributed by atoms with Crippen LogP contribution in [0.1, 0.15) is 50.1 Å². The van der Waals surface area contributed by atoms with Gasteiger partial charge in [-0.05, 0) is 49.0 Å². The molecule has 4 heteroatoms. The summed E-state index contributed by atoms with van der Waals surface area (Å²) in [5.41, 5.74) is 7.11. The molecule has 1 aromatic rings. The third-order valence-corrected chi connectivity index (χ3v) is 5.35. The van der Waals surface area contributed by atoms with Crippen molar-refractivity contribution in [2.75, 3.05) is 6.54 Å². The maximum absolute atomic E-state index is 12.0. The Balaban J connectivity index is 0.00000176. The first-order chi connectivity index (χ1) is 10.2. The van der Waals surface area contributed by atoms with Crippen LogP contribution in [0.5, 0.6) is 0 Å². The topological polar surface area (TPSA) is 55.1 Å². The summed E-state index contributed by atoms with van der Waals surface area (Å²) in [7, 11) is 0. The van der Waals surface area contributed by atoms with Crippen molar-refractivity contribution >= 4 is 18.3 Å². The molecule has 0 spiro atoms. The molecule has 3 rings (SSSR count). The number of carbonyl (C=O) groups is 1. The van der Waals surface area contributed by atoms with E-state index in [0.717, 1.165) is 36.3 Å². The molecule has 3 nitrogen and oxygen atoms in total. The van der Waals surface area contributed by atoms with Crippen molar-refractivity contribution in [2.24, 2.45) is 23.5 Å². The van der Waals surface area contributed by atoms with Gasteiger partial charge in [0, 0.05) is 19.0 Å². The Bertz CT molecular complexity index is 479. The van der Waals surface area contributed by atoms with E-state index in [1.54, 1.807) is 0 Å². The van der Waals surface area contributed by atoms with Gasteiger partial charge in [-0.1, -0.05) is 36.8 Å². The minimum Gasteiger partial charge on any atom is -0.356 e. The highest BCUT2D eigenvalue weighted by Gasteiger charge is 2.38. The van der Waals surface area contributed by atoms with E-state index in [4.69, 9.17) is 5.73 Å². The van der Waals surface area contributed by atoms with E-state index in [1.165, 1.54) is 25.7 Å². The summed E-state index contributed by atoms with van der Waals surface area (Å²) < 4.78 is 0. The second-order valence-corrected chi connectivity index (χ2v) is 6.79. The van der Waals surface area contributed by atoms with Gasteiger partial charge in [0.25, 0.3) is 0 Å². The first kappa shape index (κ1) is 17.3. The lowest BCUT2D eigenvalue weighted by Gasteiger charge is -2.21. The van der Waals surface area contributed by atoms with E-state index in [-0.39, 0.29) is 24.4 Å². The lowest BCUT2D eigenvalue weighted by atomic mass is 9.86. The summed E-state index contributed by atoms with van der Waals surface area (Å²) >= 11 is 0. The molecule has 1 amide bonds. The number of fused-ring (bicyclic) bond motifs is 2. The van der Waals surface area contributed by atoms with E-state index < -0.39 is 0 Å². The van der Waals surface area contributed by atoms with Crippen LogP contribution in [-0.4, -0.2) is 12.5 Å². The molecule has 22 heavy (non-hydrogen) atoms. The molecule has 2 bridgehead atoms. The maximum atomic E-state index is 12.0. The second kappa shape index (κ2) is 7.98. The number of benzene rings is 1. The highest BCUT2D eigenvalue weighted by atomic mass is 35.5. The van der Waals surface area contributed by atoms with Gasteiger partial charge in [-0.3, -0.25) is 4.79 Å². The molecule has 0 heterocycles. The van der Waals surface area contributed by atoms with Crippen LogP contribution in [0.15, 0.2) is 30.3 Å². The first-order valence-corrected chi connectivity index (χ1v) is 8.29. The third-order valence-electron chi connectivity index (χ3n) is 5.35. The Hall–Kier alpha value is -1.06. The predicted octanol–water partition coefficient (Wildman–Crippen LogP) is 3.44. The van der Waals surface area contributed by atoms with Crippen LogP contribution in [0.25, 0.3) is 0 Å². The van der Waals surface area contributed by atoms with Crippen LogP contribution in [0.4, 0.5) is 0 Å². The molecule has 0 aromatic heterocycles. The SMILES string of the molecule is Cl.NC(CC(=O)NCCC1CC2CCC1C2)c1ccccc1. The highest BCUT2D eigenvalue weighted by molar-refractivity contribution is 5.85. The fraction of sp³-hybridized carbons (Fsp3) is 0.611. The Morgan fingerprint density at radius 1 is 1.23 bits per heavy atom. The normalized spacial score (nSPS) is 27.2. The summed E-state index contributed by atoms with van der Waals surface area (Å²) in [5, 5.41) is 3.05. The summed E-state index contributed by atoms with van der Waals surface area (Å²) in [6.45, 7) is 0.814. The van der Waals surface area contributed by atoms with Gasteiger partial charge in [0.05, 0.1) is 0 Å². The van der Waals surface area contributed by atoms with E-state index in [9.17, 15) is 4.79 Å². The molecule has 1 aromatic carbocycles. The van der Waals surface area contributed by atoms with Crippen LogP contribution in [0, 0.1) is 17.8 Å². The number of hydrogen-bond acceptors (Lipinski definition) is 2.